The van der Waals surface area contributed by atoms with E-state index in [1.54, 1.807) is 5.57 Å². The van der Waals surface area contributed by atoms with Gasteiger partial charge in [-0.1, -0.05) is 56.6 Å². The second-order valence-electron chi connectivity index (χ2n) is 12.2. The number of ether oxygens (including phenoxy) is 1. The van der Waals surface area contributed by atoms with Crippen molar-refractivity contribution in [2.45, 2.75) is 116 Å². The van der Waals surface area contributed by atoms with Crippen molar-refractivity contribution in [3.63, 3.8) is 0 Å². The van der Waals surface area contributed by atoms with Crippen molar-refractivity contribution in [3.05, 3.63) is 35.5 Å². The third-order valence-corrected chi connectivity index (χ3v) is 9.04. The van der Waals surface area contributed by atoms with Crippen molar-refractivity contribution in [3.8, 4) is 0 Å². The molecular formula is C30H51NO2. The molecule has 0 aromatic carbocycles. The van der Waals surface area contributed by atoms with Gasteiger partial charge in [0.25, 0.3) is 0 Å². The van der Waals surface area contributed by atoms with Gasteiger partial charge in [0.1, 0.15) is 0 Å². The van der Waals surface area contributed by atoms with Crippen LogP contribution in [0.25, 0.3) is 0 Å². The molecular weight excluding hydrogens is 406 g/mol. The minimum absolute atomic E-state index is 0.323. The van der Waals surface area contributed by atoms with E-state index in [-0.39, 0.29) is 0 Å². The summed E-state index contributed by atoms with van der Waals surface area (Å²) in [6.07, 6.45) is 19.2. The van der Waals surface area contributed by atoms with Crippen LogP contribution in [0.5, 0.6) is 0 Å². The van der Waals surface area contributed by atoms with E-state index in [1.807, 2.05) is 13.8 Å². The Hall–Kier alpha value is -0.900. The van der Waals surface area contributed by atoms with Gasteiger partial charge < -0.3 is 15.6 Å². The first-order valence-corrected chi connectivity index (χ1v) is 13.8. The van der Waals surface area contributed by atoms with Gasteiger partial charge in [-0.15, -0.1) is 0 Å². The number of allylic oxidation sites excluding steroid dienone is 4. The smallest absolute Gasteiger partial charge is 0.0618 e. The molecule has 188 valence electrons. The van der Waals surface area contributed by atoms with Crippen LogP contribution >= 0.6 is 0 Å². The Kier molecular flexibility index (Phi) is 9.46. The van der Waals surface area contributed by atoms with E-state index < -0.39 is 5.60 Å². The normalized spacial score (nSPS) is 34.1. The number of nitrogens with two attached hydrogens (primary N) is 1. The van der Waals surface area contributed by atoms with Crippen molar-refractivity contribution in [2.24, 2.45) is 28.9 Å². The highest BCUT2D eigenvalue weighted by atomic mass is 16.5. The van der Waals surface area contributed by atoms with Crippen molar-refractivity contribution in [2.75, 3.05) is 13.2 Å². The summed E-state index contributed by atoms with van der Waals surface area (Å²) in [6.45, 7) is 14.8. The van der Waals surface area contributed by atoms with E-state index in [1.165, 1.54) is 49.7 Å². The molecule has 3 aliphatic carbocycles. The summed E-state index contributed by atoms with van der Waals surface area (Å²) in [5.74, 6) is 2.29. The third-order valence-electron chi connectivity index (χ3n) is 9.04. The van der Waals surface area contributed by atoms with Crippen molar-refractivity contribution in [1.29, 1.82) is 0 Å². The molecule has 3 N–H and O–H groups in total. The molecule has 0 bridgehead atoms. The second-order valence-corrected chi connectivity index (χ2v) is 12.2. The van der Waals surface area contributed by atoms with Crippen LogP contribution in [0, 0.1) is 23.2 Å². The molecule has 5 atom stereocenters. The Labute approximate surface area is 203 Å². The van der Waals surface area contributed by atoms with Gasteiger partial charge in [0.2, 0.25) is 0 Å². The molecule has 0 spiro atoms. The number of hydrogen-bond acceptors (Lipinski definition) is 3. The Balaban J connectivity index is 1.64. The zero-order valence-corrected chi connectivity index (χ0v) is 22.0. The van der Waals surface area contributed by atoms with E-state index in [0.29, 0.717) is 18.1 Å². The van der Waals surface area contributed by atoms with E-state index in [9.17, 15) is 5.11 Å². The summed E-state index contributed by atoms with van der Waals surface area (Å²) < 4.78 is 6.07. The predicted octanol–water partition coefficient (Wildman–Crippen LogP) is 7.11. The first-order chi connectivity index (χ1) is 15.6. The van der Waals surface area contributed by atoms with Crippen LogP contribution in [0.1, 0.15) is 105 Å². The summed E-state index contributed by atoms with van der Waals surface area (Å²) in [6, 6.07) is 0. The standard InChI is InChI=1S/C30H51NO2/c1-22-11-14-26(33-20-8-19-31)21-25(22)13-12-24-10-7-18-30(5)27(15-16-28(24)30)23(2)9-6-17-29(3,4)32/h12-13,23,26-28,32H,1,6-11,14-21,31H2,2-5H3/b24-12-,25-13-/t23-,26+,27-,28+,30-/m1/s1. The van der Waals surface area contributed by atoms with Gasteiger partial charge in [-0.3, -0.25) is 0 Å². The predicted molar refractivity (Wildman–Crippen MR) is 140 cm³/mol. The van der Waals surface area contributed by atoms with Crippen LogP contribution in [-0.4, -0.2) is 30.0 Å². The van der Waals surface area contributed by atoms with Gasteiger partial charge in [0.05, 0.1) is 11.7 Å². The van der Waals surface area contributed by atoms with Crippen molar-refractivity contribution < 1.29 is 9.84 Å². The topological polar surface area (TPSA) is 55.5 Å². The molecule has 3 fully saturated rings. The fourth-order valence-electron chi connectivity index (χ4n) is 7.13. The van der Waals surface area contributed by atoms with Crippen molar-refractivity contribution >= 4 is 0 Å². The second kappa shape index (κ2) is 11.7. The van der Waals surface area contributed by atoms with Gasteiger partial charge >= 0.3 is 0 Å². The number of aliphatic hydroxyl groups is 1. The quantitative estimate of drug-likeness (QED) is 0.344. The largest absolute Gasteiger partial charge is 0.390 e. The van der Waals surface area contributed by atoms with Gasteiger partial charge in [0, 0.05) is 6.61 Å². The molecule has 0 heterocycles. The van der Waals surface area contributed by atoms with Crippen LogP contribution in [0.2, 0.25) is 0 Å². The van der Waals surface area contributed by atoms with Gasteiger partial charge in [-0.25, -0.2) is 0 Å². The lowest BCUT2D eigenvalue weighted by Crippen LogP contribution is -2.36. The Bertz CT molecular complexity index is 715. The van der Waals surface area contributed by atoms with Gasteiger partial charge in [0.15, 0.2) is 0 Å². The summed E-state index contributed by atoms with van der Waals surface area (Å²) in [5.41, 5.74) is 9.91. The third kappa shape index (κ3) is 7.05. The lowest BCUT2D eigenvalue weighted by atomic mass is 9.60. The maximum atomic E-state index is 10.1. The molecule has 3 saturated carbocycles. The zero-order chi connectivity index (χ0) is 24.1. The van der Waals surface area contributed by atoms with Crippen molar-refractivity contribution in [1.82, 2.24) is 0 Å². The minimum Gasteiger partial charge on any atom is -0.390 e. The molecule has 33 heavy (non-hydrogen) atoms. The fourth-order valence-corrected chi connectivity index (χ4v) is 7.13. The Morgan fingerprint density at radius 1 is 1.21 bits per heavy atom. The molecule has 3 rings (SSSR count). The maximum Gasteiger partial charge on any atom is 0.0618 e. The lowest BCUT2D eigenvalue weighted by Gasteiger charge is -2.44. The molecule has 0 saturated heterocycles. The summed E-state index contributed by atoms with van der Waals surface area (Å²) in [7, 11) is 0. The highest BCUT2D eigenvalue weighted by molar-refractivity contribution is 5.36. The van der Waals surface area contributed by atoms with Gasteiger partial charge in [-0.05, 0) is 113 Å². The lowest BCUT2D eigenvalue weighted by molar-refractivity contribution is 0.0435. The minimum atomic E-state index is -0.534. The molecule has 0 unspecified atom stereocenters. The maximum absolute atomic E-state index is 10.1. The first-order valence-electron chi connectivity index (χ1n) is 13.8. The molecule has 3 nitrogen and oxygen atoms in total. The summed E-state index contributed by atoms with van der Waals surface area (Å²) in [4.78, 5) is 0. The van der Waals surface area contributed by atoms with Crippen LogP contribution < -0.4 is 5.73 Å². The molecule has 3 aliphatic rings. The average molecular weight is 458 g/mol. The highest BCUT2D eigenvalue weighted by Gasteiger charge is 2.50. The fraction of sp³-hybridized carbons (Fsp3) is 0.800. The Morgan fingerprint density at radius 2 is 2.00 bits per heavy atom. The molecule has 0 aliphatic heterocycles. The summed E-state index contributed by atoms with van der Waals surface area (Å²) >= 11 is 0. The monoisotopic (exact) mass is 457 g/mol. The van der Waals surface area contributed by atoms with E-state index >= 15 is 0 Å². The molecule has 0 aromatic rings. The number of hydrogen-bond donors (Lipinski definition) is 2. The molecule has 3 heteroatoms. The van der Waals surface area contributed by atoms with Gasteiger partial charge in [-0.2, -0.15) is 0 Å². The van der Waals surface area contributed by atoms with Crippen LogP contribution in [0.4, 0.5) is 0 Å². The first kappa shape index (κ1) is 26.7. The Morgan fingerprint density at radius 3 is 2.73 bits per heavy atom. The highest BCUT2D eigenvalue weighted by Crippen LogP contribution is 2.60. The average Bonchev–Trinajstić information content (AvgIpc) is 3.10. The molecule has 0 radical (unpaired) electrons. The van der Waals surface area contributed by atoms with E-state index in [0.717, 1.165) is 62.9 Å². The SMILES string of the molecule is C=C1CC[C@H](OCCCN)C/C1=C/C=C1/CCC[C@]2(C)[C@@H]([C@H](C)CCCC(C)(C)O)CC[C@@H]12. The molecule has 0 amide bonds. The molecule has 0 aromatic heterocycles. The zero-order valence-electron chi connectivity index (χ0n) is 22.0. The van der Waals surface area contributed by atoms with E-state index in [2.05, 4.69) is 32.6 Å². The van der Waals surface area contributed by atoms with Crippen LogP contribution in [-0.2, 0) is 4.74 Å². The van der Waals surface area contributed by atoms with Crippen LogP contribution in [0.15, 0.2) is 35.5 Å². The summed E-state index contributed by atoms with van der Waals surface area (Å²) in [5, 5.41) is 10.1. The number of fused-ring (bicyclic) bond motifs is 1. The van der Waals surface area contributed by atoms with E-state index in [4.69, 9.17) is 10.5 Å². The number of rotatable bonds is 10. The van der Waals surface area contributed by atoms with Crippen LogP contribution in [0.3, 0.4) is 0 Å².